The molecule has 0 bridgehead atoms. The van der Waals surface area contributed by atoms with Gasteiger partial charge in [0.05, 0.1) is 18.3 Å². The number of hydrogen-bond acceptors (Lipinski definition) is 4. The van der Waals surface area contributed by atoms with Crippen LogP contribution in [0.1, 0.15) is 19.8 Å². The van der Waals surface area contributed by atoms with E-state index < -0.39 is 0 Å². The molecule has 2 atom stereocenters. The molecule has 1 aromatic carbocycles. The Morgan fingerprint density at radius 2 is 2.32 bits per heavy atom. The molecule has 1 aromatic heterocycles. The maximum Gasteiger partial charge on any atom is 0.239 e. The van der Waals surface area contributed by atoms with Crippen LogP contribution < -0.4 is 10.1 Å². The summed E-state index contributed by atoms with van der Waals surface area (Å²) in [5.41, 5.74) is 2.12. The number of benzene rings is 1. The molecular formula is C19H26N4O2. The van der Waals surface area contributed by atoms with Gasteiger partial charge in [-0.05, 0) is 44.0 Å². The van der Waals surface area contributed by atoms with Crippen molar-refractivity contribution in [3.63, 3.8) is 0 Å². The smallest absolute Gasteiger partial charge is 0.239 e. The van der Waals surface area contributed by atoms with E-state index in [-0.39, 0.29) is 18.0 Å². The van der Waals surface area contributed by atoms with Crippen LogP contribution in [0, 0.1) is 0 Å². The fourth-order valence-electron chi connectivity index (χ4n) is 3.02. The van der Waals surface area contributed by atoms with Crippen LogP contribution in [0.25, 0.3) is 11.1 Å². The molecule has 6 nitrogen and oxygen atoms in total. The maximum absolute atomic E-state index is 12.4. The van der Waals surface area contributed by atoms with E-state index in [9.17, 15) is 4.79 Å². The van der Waals surface area contributed by atoms with Crippen LogP contribution >= 0.6 is 0 Å². The molecule has 1 aliphatic heterocycles. The van der Waals surface area contributed by atoms with Crippen LogP contribution in [-0.4, -0.2) is 52.9 Å². The SMILES string of the molecule is CC(COc1cccc(-c2cnn(C)c2)c1)N(C)C(=O)C1CCCN1. The van der Waals surface area contributed by atoms with Crippen molar-refractivity contribution in [2.75, 3.05) is 20.2 Å². The first kappa shape index (κ1) is 17.5. The predicted octanol–water partition coefficient (Wildman–Crippen LogP) is 2.06. The second-order valence-electron chi connectivity index (χ2n) is 6.69. The summed E-state index contributed by atoms with van der Waals surface area (Å²) in [6.07, 6.45) is 5.80. The number of amides is 1. The highest BCUT2D eigenvalue weighted by Crippen LogP contribution is 2.23. The van der Waals surface area contributed by atoms with Crippen LogP contribution in [-0.2, 0) is 11.8 Å². The summed E-state index contributed by atoms with van der Waals surface area (Å²) in [4.78, 5) is 14.2. The zero-order valence-electron chi connectivity index (χ0n) is 15.1. The number of hydrogen-bond donors (Lipinski definition) is 1. The third kappa shape index (κ3) is 4.20. The minimum Gasteiger partial charge on any atom is -0.491 e. The molecule has 134 valence electrons. The Balaban J connectivity index is 1.58. The fraction of sp³-hybridized carbons (Fsp3) is 0.474. The van der Waals surface area contributed by atoms with Gasteiger partial charge in [-0.2, -0.15) is 5.10 Å². The molecule has 0 aliphatic carbocycles. The van der Waals surface area contributed by atoms with Crippen LogP contribution in [0.5, 0.6) is 5.75 Å². The Bertz CT molecular complexity index is 722. The van der Waals surface area contributed by atoms with Crippen LogP contribution in [0.2, 0.25) is 0 Å². The monoisotopic (exact) mass is 342 g/mol. The maximum atomic E-state index is 12.4. The fourth-order valence-corrected chi connectivity index (χ4v) is 3.02. The van der Waals surface area contributed by atoms with Crippen molar-refractivity contribution in [3.05, 3.63) is 36.7 Å². The Morgan fingerprint density at radius 3 is 3.00 bits per heavy atom. The molecule has 0 spiro atoms. The van der Waals surface area contributed by atoms with Gasteiger partial charge in [-0.1, -0.05) is 12.1 Å². The van der Waals surface area contributed by atoms with Crippen LogP contribution in [0.3, 0.4) is 0 Å². The first-order chi connectivity index (χ1) is 12.0. The summed E-state index contributed by atoms with van der Waals surface area (Å²) < 4.78 is 7.71. The Labute approximate surface area is 148 Å². The standard InChI is InChI=1S/C19H26N4O2/c1-14(23(3)19(24)18-8-5-9-20-18)13-25-17-7-4-6-15(10-17)16-11-21-22(2)12-16/h4,6-7,10-12,14,18,20H,5,8-9,13H2,1-3H3. The molecule has 25 heavy (non-hydrogen) atoms. The Kier molecular flexibility index (Phi) is 5.38. The van der Waals surface area contributed by atoms with E-state index in [0.29, 0.717) is 6.61 Å². The number of aryl methyl sites for hydroxylation is 1. The third-order valence-electron chi connectivity index (χ3n) is 4.73. The van der Waals surface area contributed by atoms with Crippen molar-refractivity contribution in [1.82, 2.24) is 20.0 Å². The van der Waals surface area contributed by atoms with E-state index in [2.05, 4.69) is 10.4 Å². The van der Waals surface area contributed by atoms with Crippen LogP contribution in [0.15, 0.2) is 36.7 Å². The van der Waals surface area contributed by atoms with E-state index in [1.54, 1.807) is 9.58 Å². The van der Waals surface area contributed by atoms with Gasteiger partial charge in [0.15, 0.2) is 0 Å². The lowest BCUT2D eigenvalue weighted by Crippen LogP contribution is -2.47. The van der Waals surface area contributed by atoms with Gasteiger partial charge in [0, 0.05) is 25.9 Å². The summed E-state index contributed by atoms with van der Waals surface area (Å²) in [7, 11) is 3.75. The summed E-state index contributed by atoms with van der Waals surface area (Å²) in [6, 6.07) is 7.92. The van der Waals surface area contributed by atoms with Crippen LogP contribution in [0.4, 0.5) is 0 Å². The average Bonchev–Trinajstić information content (AvgIpc) is 3.30. The lowest BCUT2D eigenvalue weighted by molar-refractivity contribution is -0.134. The Hall–Kier alpha value is -2.34. The normalized spacial score (nSPS) is 18.1. The van der Waals surface area contributed by atoms with E-state index >= 15 is 0 Å². The van der Waals surface area contributed by atoms with Crippen molar-refractivity contribution >= 4 is 5.91 Å². The van der Waals surface area contributed by atoms with Gasteiger partial charge in [0.25, 0.3) is 0 Å². The highest BCUT2D eigenvalue weighted by Gasteiger charge is 2.27. The highest BCUT2D eigenvalue weighted by molar-refractivity contribution is 5.82. The summed E-state index contributed by atoms with van der Waals surface area (Å²) >= 11 is 0. The topological polar surface area (TPSA) is 59.4 Å². The van der Waals surface area contributed by atoms with Gasteiger partial charge >= 0.3 is 0 Å². The molecule has 2 aromatic rings. The molecule has 6 heteroatoms. The molecule has 2 unspecified atom stereocenters. The van der Waals surface area contributed by atoms with Gasteiger partial charge in [-0.25, -0.2) is 0 Å². The van der Waals surface area contributed by atoms with Crippen molar-refractivity contribution in [1.29, 1.82) is 0 Å². The van der Waals surface area contributed by atoms with E-state index in [1.807, 2.05) is 57.7 Å². The van der Waals surface area contributed by atoms with Crippen molar-refractivity contribution in [3.8, 4) is 16.9 Å². The zero-order valence-corrected chi connectivity index (χ0v) is 15.1. The number of aromatic nitrogens is 2. The van der Waals surface area contributed by atoms with Crippen molar-refractivity contribution < 1.29 is 9.53 Å². The molecule has 1 fully saturated rings. The van der Waals surface area contributed by atoms with E-state index in [1.165, 1.54) is 0 Å². The predicted molar refractivity (Wildman–Crippen MR) is 97.4 cm³/mol. The largest absolute Gasteiger partial charge is 0.491 e. The summed E-state index contributed by atoms with van der Waals surface area (Å²) in [5.74, 6) is 0.950. The zero-order chi connectivity index (χ0) is 17.8. The number of ether oxygens (including phenoxy) is 1. The molecule has 1 amide bonds. The quantitative estimate of drug-likeness (QED) is 0.873. The number of likely N-dealkylation sites (N-methyl/N-ethyl adjacent to an activating group) is 1. The van der Waals surface area contributed by atoms with Gasteiger partial charge in [0.1, 0.15) is 12.4 Å². The molecule has 0 saturated carbocycles. The summed E-state index contributed by atoms with van der Waals surface area (Å²) in [6.45, 7) is 3.40. The number of carbonyl (C=O) groups excluding carboxylic acids is 1. The molecule has 2 heterocycles. The molecule has 1 aliphatic rings. The number of nitrogens with one attached hydrogen (secondary N) is 1. The van der Waals surface area contributed by atoms with Gasteiger partial charge in [-0.3, -0.25) is 9.48 Å². The second-order valence-corrected chi connectivity index (χ2v) is 6.69. The molecule has 3 rings (SSSR count). The number of carbonyl (C=O) groups is 1. The van der Waals surface area contributed by atoms with Crippen molar-refractivity contribution in [2.45, 2.75) is 31.8 Å². The second kappa shape index (κ2) is 7.70. The Morgan fingerprint density at radius 1 is 1.48 bits per heavy atom. The highest BCUT2D eigenvalue weighted by atomic mass is 16.5. The van der Waals surface area contributed by atoms with E-state index in [4.69, 9.17) is 4.74 Å². The minimum absolute atomic E-state index is 0.0111. The summed E-state index contributed by atoms with van der Waals surface area (Å²) in [5, 5.41) is 7.46. The van der Waals surface area contributed by atoms with E-state index in [0.717, 1.165) is 36.3 Å². The molecular weight excluding hydrogens is 316 g/mol. The lowest BCUT2D eigenvalue weighted by atomic mass is 10.1. The first-order valence-electron chi connectivity index (χ1n) is 8.76. The lowest BCUT2D eigenvalue weighted by Gasteiger charge is -2.27. The average molecular weight is 342 g/mol. The number of rotatable bonds is 6. The minimum atomic E-state index is -0.0404. The molecule has 1 saturated heterocycles. The first-order valence-corrected chi connectivity index (χ1v) is 8.76. The van der Waals surface area contributed by atoms with Gasteiger partial charge < -0.3 is 15.0 Å². The van der Waals surface area contributed by atoms with Gasteiger partial charge in [0.2, 0.25) is 5.91 Å². The van der Waals surface area contributed by atoms with Crippen molar-refractivity contribution in [2.24, 2.45) is 7.05 Å². The molecule has 1 N–H and O–H groups in total. The molecule has 0 radical (unpaired) electrons. The van der Waals surface area contributed by atoms with Gasteiger partial charge in [-0.15, -0.1) is 0 Å². The number of nitrogens with zero attached hydrogens (tertiary/aromatic N) is 3. The third-order valence-corrected chi connectivity index (χ3v) is 4.73.